The number of esters is 1. The van der Waals surface area contributed by atoms with Crippen molar-refractivity contribution in [2.75, 3.05) is 13.7 Å². The van der Waals surface area contributed by atoms with Gasteiger partial charge in [0.25, 0.3) is 5.91 Å². The maximum atomic E-state index is 12.9. The predicted molar refractivity (Wildman–Crippen MR) is 94.9 cm³/mol. The van der Waals surface area contributed by atoms with E-state index in [0.29, 0.717) is 23.0 Å². The maximum Gasteiger partial charge on any atom is 0.339 e. The molecule has 0 spiro atoms. The molecule has 0 radical (unpaired) electrons. The lowest BCUT2D eigenvalue weighted by molar-refractivity contribution is -0.133. The summed E-state index contributed by atoms with van der Waals surface area (Å²) in [4.78, 5) is 30.1. The number of halogens is 1. The molecule has 0 N–H and O–H groups in total. The van der Waals surface area contributed by atoms with E-state index in [2.05, 4.69) is 4.98 Å². The smallest absolute Gasteiger partial charge is 0.339 e. The molecule has 0 aliphatic carbocycles. The fourth-order valence-electron chi connectivity index (χ4n) is 2.55. The van der Waals surface area contributed by atoms with Crippen molar-refractivity contribution in [2.24, 2.45) is 0 Å². The minimum Gasteiger partial charge on any atom is -0.452 e. The number of nitrogens with zero attached hydrogens (tertiary/aromatic N) is 2. The van der Waals surface area contributed by atoms with Gasteiger partial charge in [0, 0.05) is 25.2 Å². The van der Waals surface area contributed by atoms with Gasteiger partial charge in [-0.3, -0.25) is 9.78 Å². The van der Waals surface area contributed by atoms with E-state index < -0.39 is 5.97 Å². The van der Waals surface area contributed by atoms with Gasteiger partial charge in [0.2, 0.25) is 0 Å². The van der Waals surface area contributed by atoms with Gasteiger partial charge in [0.1, 0.15) is 5.82 Å². The number of aromatic nitrogens is 1. The van der Waals surface area contributed by atoms with E-state index in [0.717, 1.165) is 5.56 Å². The lowest BCUT2D eigenvalue weighted by atomic mass is 10.1. The summed E-state index contributed by atoms with van der Waals surface area (Å²) in [5.74, 6) is -1.26. The quantitative estimate of drug-likeness (QED) is 0.662. The lowest BCUT2D eigenvalue weighted by Crippen LogP contribution is -2.30. The number of rotatable bonds is 5. The summed E-state index contributed by atoms with van der Waals surface area (Å²) in [6, 6.07) is 14.6. The molecule has 1 aromatic heterocycles. The first-order valence-electron chi connectivity index (χ1n) is 8.04. The Kier molecular flexibility index (Phi) is 5.22. The number of amides is 1. The summed E-state index contributed by atoms with van der Waals surface area (Å²) in [6.45, 7) is -0.0674. The number of carbonyl (C=O) groups is 2. The Balaban J connectivity index is 1.61. The van der Waals surface area contributed by atoms with Crippen LogP contribution < -0.4 is 0 Å². The number of benzene rings is 2. The average molecular weight is 352 g/mol. The number of ether oxygens (including phenoxy) is 1. The van der Waals surface area contributed by atoms with Gasteiger partial charge in [-0.15, -0.1) is 0 Å². The molecule has 0 atom stereocenters. The van der Waals surface area contributed by atoms with E-state index in [1.807, 2.05) is 0 Å². The minimum atomic E-state index is -0.577. The SMILES string of the molecule is CN(Cc1ccc(F)cc1)C(=O)COC(=O)c1cccc2ncccc12. The monoisotopic (exact) mass is 352 g/mol. The van der Waals surface area contributed by atoms with Gasteiger partial charge in [-0.25, -0.2) is 9.18 Å². The van der Waals surface area contributed by atoms with Crippen molar-refractivity contribution >= 4 is 22.8 Å². The summed E-state index contributed by atoms with van der Waals surface area (Å²) >= 11 is 0. The van der Waals surface area contributed by atoms with Gasteiger partial charge in [-0.1, -0.05) is 24.3 Å². The van der Waals surface area contributed by atoms with Gasteiger partial charge in [0.05, 0.1) is 11.1 Å². The number of hydrogen-bond donors (Lipinski definition) is 0. The van der Waals surface area contributed by atoms with E-state index in [1.54, 1.807) is 55.7 Å². The van der Waals surface area contributed by atoms with Crippen LogP contribution in [0.4, 0.5) is 4.39 Å². The summed E-state index contributed by atoms with van der Waals surface area (Å²) in [6.07, 6.45) is 1.64. The van der Waals surface area contributed by atoms with Gasteiger partial charge < -0.3 is 9.64 Å². The van der Waals surface area contributed by atoms with Gasteiger partial charge in [-0.2, -0.15) is 0 Å². The molecule has 26 heavy (non-hydrogen) atoms. The normalized spacial score (nSPS) is 10.5. The molecule has 1 amide bonds. The molecule has 0 saturated heterocycles. The number of hydrogen-bond acceptors (Lipinski definition) is 4. The Bertz CT molecular complexity index is 936. The van der Waals surface area contributed by atoms with Crippen LogP contribution in [0.3, 0.4) is 0 Å². The zero-order chi connectivity index (χ0) is 18.5. The van der Waals surface area contributed by atoms with Gasteiger partial charge in [0.15, 0.2) is 6.61 Å². The van der Waals surface area contributed by atoms with Crippen LogP contribution in [0.25, 0.3) is 10.9 Å². The van der Waals surface area contributed by atoms with Crippen LogP contribution >= 0.6 is 0 Å². The molecule has 2 aromatic carbocycles. The van der Waals surface area contributed by atoms with Crippen molar-refractivity contribution in [1.29, 1.82) is 0 Å². The molecule has 0 fully saturated rings. The largest absolute Gasteiger partial charge is 0.452 e. The second kappa shape index (κ2) is 7.74. The molecule has 6 heteroatoms. The third-order valence-electron chi connectivity index (χ3n) is 3.95. The summed E-state index contributed by atoms with van der Waals surface area (Å²) in [7, 11) is 1.60. The van der Waals surface area contributed by atoms with E-state index in [1.165, 1.54) is 17.0 Å². The first-order valence-corrected chi connectivity index (χ1v) is 8.04. The maximum absolute atomic E-state index is 12.9. The number of carbonyl (C=O) groups excluding carboxylic acids is 2. The Morgan fingerprint density at radius 1 is 1.08 bits per heavy atom. The molecule has 0 saturated carbocycles. The Morgan fingerprint density at radius 3 is 2.62 bits per heavy atom. The van der Waals surface area contributed by atoms with Crippen molar-refractivity contribution in [3.63, 3.8) is 0 Å². The van der Waals surface area contributed by atoms with Crippen LogP contribution in [0.15, 0.2) is 60.8 Å². The highest BCUT2D eigenvalue weighted by Crippen LogP contribution is 2.17. The van der Waals surface area contributed by atoms with Crippen LogP contribution in [0.2, 0.25) is 0 Å². The van der Waals surface area contributed by atoms with Crippen molar-refractivity contribution in [3.05, 3.63) is 77.7 Å². The molecule has 132 valence electrons. The second-order valence-electron chi connectivity index (χ2n) is 5.83. The number of pyridine rings is 1. The molecule has 3 rings (SSSR count). The van der Waals surface area contributed by atoms with E-state index in [9.17, 15) is 14.0 Å². The molecular weight excluding hydrogens is 335 g/mol. The third kappa shape index (κ3) is 4.03. The standard InChI is InChI=1S/C20H17FN2O3/c1-23(12-14-7-9-15(21)10-8-14)19(24)13-26-20(25)17-4-2-6-18-16(17)5-3-11-22-18/h2-11H,12-13H2,1H3. The Morgan fingerprint density at radius 2 is 1.85 bits per heavy atom. The van der Waals surface area contributed by atoms with Crippen LogP contribution in [-0.4, -0.2) is 35.4 Å². The summed E-state index contributed by atoms with van der Waals surface area (Å²) < 4.78 is 18.1. The van der Waals surface area contributed by atoms with Crippen molar-refractivity contribution in [1.82, 2.24) is 9.88 Å². The topological polar surface area (TPSA) is 59.5 Å². The third-order valence-corrected chi connectivity index (χ3v) is 3.95. The summed E-state index contributed by atoms with van der Waals surface area (Å²) in [5.41, 5.74) is 1.83. The van der Waals surface area contributed by atoms with Crippen molar-refractivity contribution in [3.8, 4) is 0 Å². The summed E-state index contributed by atoms with van der Waals surface area (Å²) in [5, 5.41) is 0.673. The van der Waals surface area contributed by atoms with E-state index >= 15 is 0 Å². The molecular formula is C20H17FN2O3. The molecule has 5 nitrogen and oxygen atoms in total. The zero-order valence-electron chi connectivity index (χ0n) is 14.2. The van der Waals surface area contributed by atoms with Gasteiger partial charge in [-0.05, 0) is 35.9 Å². The zero-order valence-corrected chi connectivity index (χ0v) is 14.2. The van der Waals surface area contributed by atoms with Gasteiger partial charge >= 0.3 is 5.97 Å². The van der Waals surface area contributed by atoms with Crippen LogP contribution in [-0.2, 0) is 16.1 Å². The van der Waals surface area contributed by atoms with E-state index in [4.69, 9.17) is 4.74 Å². The lowest BCUT2D eigenvalue weighted by Gasteiger charge is -2.17. The van der Waals surface area contributed by atoms with Crippen LogP contribution in [0, 0.1) is 5.82 Å². The number of likely N-dealkylation sites (N-methyl/N-ethyl adjacent to an activating group) is 1. The Hall–Kier alpha value is -3.28. The van der Waals surface area contributed by atoms with Crippen LogP contribution in [0.1, 0.15) is 15.9 Å². The second-order valence-corrected chi connectivity index (χ2v) is 5.83. The average Bonchev–Trinajstić information content (AvgIpc) is 2.67. The predicted octanol–water partition coefficient (Wildman–Crippen LogP) is 3.19. The molecule has 0 unspecified atom stereocenters. The molecule has 0 aliphatic rings. The molecule has 0 aliphatic heterocycles. The fraction of sp³-hybridized carbons (Fsp3) is 0.150. The van der Waals surface area contributed by atoms with Crippen LogP contribution in [0.5, 0.6) is 0 Å². The number of fused-ring (bicyclic) bond motifs is 1. The molecule has 1 heterocycles. The fourth-order valence-corrected chi connectivity index (χ4v) is 2.55. The minimum absolute atomic E-state index is 0.300. The molecule has 3 aromatic rings. The van der Waals surface area contributed by atoms with E-state index in [-0.39, 0.29) is 18.3 Å². The highest BCUT2D eigenvalue weighted by atomic mass is 19.1. The van der Waals surface area contributed by atoms with Crippen molar-refractivity contribution in [2.45, 2.75) is 6.54 Å². The first kappa shape index (κ1) is 17.5. The van der Waals surface area contributed by atoms with Crippen molar-refractivity contribution < 1.29 is 18.7 Å². The highest BCUT2D eigenvalue weighted by molar-refractivity contribution is 6.03. The first-order chi connectivity index (χ1) is 12.5. The highest BCUT2D eigenvalue weighted by Gasteiger charge is 2.16. The Labute approximate surface area is 150 Å². The molecule has 0 bridgehead atoms.